The third-order valence-electron chi connectivity index (χ3n) is 3.36. The molecular weight excluding hydrogens is 278 g/mol. The van der Waals surface area contributed by atoms with Crippen LogP contribution in [0, 0.1) is 10.1 Å². The van der Waals surface area contributed by atoms with Crippen LogP contribution in [-0.2, 0) is 0 Å². The number of nitrogens with two attached hydrogens (primary N) is 1. The first-order chi connectivity index (χ1) is 9.54. The average Bonchev–Trinajstić information content (AvgIpc) is 2.45. The zero-order valence-corrected chi connectivity index (χ0v) is 12.1. The van der Waals surface area contributed by atoms with Crippen molar-refractivity contribution in [2.45, 2.75) is 18.6 Å². The van der Waals surface area contributed by atoms with Crippen LogP contribution in [0.4, 0.5) is 11.4 Å². The van der Waals surface area contributed by atoms with Gasteiger partial charge < -0.3 is 10.6 Å². The van der Waals surface area contributed by atoms with E-state index < -0.39 is 4.92 Å². The Labute approximate surface area is 121 Å². The van der Waals surface area contributed by atoms with E-state index in [-0.39, 0.29) is 22.8 Å². The average molecular weight is 295 g/mol. The Morgan fingerprint density at radius 3 is 3.00 bits per heavy atom. The summed E-state index contributed by atoms with van der Waals surface area (Å²) >= 11 is 1.84. The molecule has 0 radical (unpaired) electrons. The van der Waals surface area contributed by atoms with Crippen molar-refractivity contribution >= 4 is 29.0 Å². The molecule has 7 heteroatoms. The monoisotopic (exact) mass is 295 g/mol. The zero-order chi connectivity index (χ0) is 14.7. The Bertz CT molecular complexity index is 536. The van der Waals surface area contributed by atoms with Gasteiger partial charge in [0.1, 0.15) is 11.3 Å². The van der Waals surface area contributed by atoms with Gasteiger partial charge in [-0.05, 0) is 18.6 Å². The molecule has 1 heterocycles. The van der Waals surface area contributed by atoms with Crippen LogP contribution in [0.5, 0.6) is 0 Å². The molecule has 1 atom stereocenters. The van der Waals surface area contributed by atoms with Gasteiger partial charge in [-0.15, -0.1) is 0 Å². The number of anilines is 1. The molecular formula is C13H17N3O3S. The van der Waals surface area contributed by atoms with E-state index >= 15 is 0 Å². The lowest BCUT2D eigenvalue weighted by molar-refractivity contribution is -0.384. The predicted octanol–water partition coefficient (Wildman–Crippen LogP) is 2.14. The minimum atomic E-state index is -0.585. The summed E-state index contributed by atoms with van der Waals surface area (Å²) in [5, 5.41) is 11.5. The SMILES string of the molecule is CCC1CN(C(=O)c2cccc(N)c2[N+](=O)[O-])CCS1. The van der Waals surface area contributed by atoms with Crippen molar-refractivity contribution in [3.05, 3.63) is 33.9 Å². The first-order valence-electron chi connectivity index (χ1n) is 6.48. The van der Waals surface area contributed by atoms with E-state index in [0.29, 0.717) is 18.3 Å². The third-order valence-corrected chi connectivity index (χ3v) is 4.73. The van der Waals surface area contributed by atoms with Gasteiger partial charge in [0, 0.05) is 24.1 Å². The zero-order valence-electron chi connectivity index (χ0n) is 11.2. The van der Waals surface area contributed by atoms with Crippen LogP contribution in [0.1, 0.15) is 23.7 Å². The van der Waals surface area contributed by atoms with Crippen molar-refractivity contribution in [3.63, 3.8) is 0 Å². The second-order valence-electron chi connectivity index (χ2n) is 4.65. The van der Waals surface area contributed by atoms with Gasteiger partial charge >= 0.3 is 5.69 Å². The van der Waals surface area contributed by atoms with Crippen molar-refractivity contribution in [1.82, 2.24) is 4.90 Å². The molecule has 0 aliphatic carbocycles. The van der Waals surface area contributed by atoms with Crippen molar-refractivity contribution in [2.75, 3.05) is 24.6 Å². The normalized spacial score (nSPS) is 18.9. The lowest BCUT2D eigenvalue weighted by Crippen LogP contribution is -2.42. The number of hydrogen-bond donors (Lipinski definition) is 1. The highest BCUT2D eigenvalue weighted by Crippen LogP contribution is 2.29. The van der Waals surface area contributed by atoms with Crippen molar-refractivity contribution < 1.29 is 9.72 Å². The molecule has 1 amide bonds. The van der Waals surface area contributed by atoms with Gasteiger partial charge in [0.2, 0.25) is 0 Å². The minimum absolute atomic E-state index is 0.0271. The van der Waals surface area contributed by atoms with Gasteiger partial charge in [-0.2, -0.15) is 11.8 Å². The van der Waals surface area contributed by atoms with E-state index in [1.807, 2.05) is 11.8 Å². The molecule has 0 aromatic heterocycles. The molecule has 1 fully saturated rings. The van der Waals surface area contributed by atoms with Gasteiger partial charge in [0.15, 0.2) is 0 Å². The van der Waals surface area contributed by atoms with Crippen molar-refractivity contribution in [1.29, 1.82) is 0 Å². The summed E-state index contributed by atoms with van der Waals surface area (Å²) in [6.45, 7) is 3.33. The molecule has 0 bridgehead atoms. The summed E-state index contributed by atoms with van der Waals surface area (Å²) in [7, 11) is 0. The highest BCUT2D eigenvalue weighted by atomic mass is 32.2. The van der Waals surface area contributed by atoms with Gasteiger partial charge in [0.25, 0.3) is 5.91 Å². The summed E-state index contributed by atoms with van der Waals surface area (Å²) in [6, 6.07) is 4.49. The fourth-order valence-corrected chi connectivity index (χ4v) is 3.44. The molecule has 0 spiro atoms. The van der Waals surface area contributed by atoms with Gasteiger partial charge in [-0.3, -0.25) is 14.9 Å². The fraction of sp³-hybridized carbons (Fsp3) is 0.462. The molecule has 1 aromatic rings. The van der Waals surface area contributed by atoms with Crippen LogP contribution < -0.4 is 5.73 Å². The Morgan fingerprint density at radius 1 is 1.60 bits per heavy atom. The smallest absolute Gasteiger partial charge is 0.304 e. The number of carbonyl (C=O) groups excluding carboxylic acids is 1. The van der Waals surface area contributed by atoms with Gasteiger partial charge in [-0.1, -0.05) is 13.0 Å². The number of nitrogen functional groups attached to an aromatic ring is 1. The van der Waals surface area contributed by atoms with Gasteiger partial charge in [0.05, 0.1) is 4.92 Å². The molecule has 1 aliphatic heterocycles. The quantitative estimate of drug-likeness (QED) is 0.524. The van der Waals surface area contributed by atoms with Crippen LogP contribution in [0.2, 0.25) is 0 Å². The number of benzene rings is 1. The standard InChI is InChI=1S/C13H17N3O3S/c1-2-9-8-15(6-7-20-9)13(17)10-4-3-5-11(14)12(10)16(18)19/h3-5,9H,2,6-8,14H2,1H3. The van der Waals surface area contributed by atoms with E-state index in [2.05, 4.69) is 6.92 Å². The van der Waals surface area contributed by atoms with E-state index in [9.17, 15) is 14.9 Å². The van der Waals surface area contributed by atoms with Gasteiger partial charge in [-0.25, -0.2) is 0 Å². The summed E-state index contributed by atoms with van der Waals surface area (Å²) in [6.07, 6.45) is 0.980. The Morgan fingerprint density at radius 2 is 2.35 bits per heavy atom. The van der Waals surface area contributed by atoms with Crippen LogP contribution in [0.15, 0.2) is 18.2 Å². The lowest BCUT2D eigenvalue weighted by atomic mass is 10.1. The fourth-order valence-electron chi connectivity index (χ4n) is 2.26. The molecule has 0 saturated carbocycles. The maximum absolute atomic E-state index is 12.5. The number of nitro groups is 1. The number of amides is 1. The van der Waals surface area contributed by atoms with E-state index in [1.165, 1.54) is 12.1 Å². The summed E-state index contributed by atoms with van der Waals surface area (Å²) in [5.74, 6) is 0.558. The molecule has 108 valence electrons. The first-order valence-corrected chi connectivity index (χ1v) is 7.53. The van der Waals surface area contributed by atoms with Crippen LogP contribution in [0.25, 0.3) is 0 Å². The maximum Gasteiger partial charge on any atom is 0.304 e. The molecule has 20 heavy (non-hydrogen) atoms. The summed E-state index contributed by atoms with van der Waals surface area (Å²) < 4.78 is 0. The lowest BCUT2D eigenvalue weighted by Gasteiger charge is -2.31. The molecule has 1 unspecified atom stereocenters. The number of thioether (sulfide) groups is 1. The number of nitro benzene ring substituents is 1. The second-order valence-corrected chi connectivity index (χ2v) is 6.06. The number of hydrogen-bond acceptors (Lipinski definition) is 5. The number of rotatable bonds is 3. The van der Waals surface area contributed by atoms with E-state index in [1.54, 1.807) is 11.0 Å². The predicted molar refractivity (Wildman–Crippen MR) is 79.9 cm³/mol. The van der Waals surface area contributed by atoms with Crippen LogP contribution >= 0.6 is 11.8 Å². The number of nitrogens with zero attached hydrogens (tertiary/aromatic N) is 2. The number of carbonyl (C=O) groups is 1. The molecule has 1 aromatic carbocycles. The maximum atomic E-state index is 12.5. The van der Waals surface area contributed by atoms with Crippen LogP contribution in [-0.4, -0.2) is 39.8 Å². The minimum Gasteiger partial charge on any atom is -0.393 e. The van der Waals surface area contributed by atoms with Crippen LogP contribution in [0.3, 0.4) is 0 Å². The topological polar surface area (TPSA) is 89.5 Å². The van der Waals surface area contributed by atoms with Crippen molar-refractivity contribution in [2.24, 2.45) is 0 Å². The van der Waals surface area contributed by atoms with E-state index in [0.717, 1.165) is 12.2 Å². The summed E-state index contributed by atoms with van der Waals surface area (Å²) in [4.78, 5) is 24.7. The number of para-hydroxylation sites is 1. The molecule has 6 nitrogen and oxygen atoms in total. The molecule has 1 aliphatic rings. The highest BCUT2D eigenvalue weighted by molar-refractivity contribution is 8.00. The first kappa shape index (κ1) is 14.6. The Kier molecular flexibility index (Phi) is 4.49. The van der Waals surface area contributed by atoms with Crippen molar-refractivity contribution in [3.8, 4) is 0 Å². The highest BCUT2D eigenvalue weighted by Gasteiger charge is 2.29. The third kappa shape index (κ3) is 2.87. The largest absolute Gasteiger partial charge is 0.393 e. The Hall–Kier alpha value is -1.76. The van der Waals surface area contributed by atoms with E-state index in [4.69, 9.17) is 5.73 Å². The summed E-state index contributed by atoms with van der Waals surface area (Å²) in [5.41, 5.74) is 5.45. The molecule has 1 saturated heterocycles. The molecule has 2 rings (SSSR count). The molecule has 2 N–H and O–H groups in total. The Balaban J connectivity index is 2.29. The second kappa shape index (κ2) is 6.13.